The van der Waals surface area contributed by atoms with Crippen molar-refractivity contribution in [2.45, 2.75) is 0 Å². The number of nitrogens with zero attached hydrogens (tertiary/aromatic N) is 2. The van der Waals surface area contributed by atoms with E-state index in [0.29, 0.717) is 5.02 Å². The fourth-order valence-corrected chi connectivity index (χ4v) is 1.60. The Morgan fingerprint density at radius 2 is 2.06 bits per heavy atom. The monoisotopic (exact) mass is 283 g/mol. The largest absolute Gasteiger partial charge is 0.507 e. The summed E-state index contributed by atoms with van der Waals surface area (Å²) in [5, 5.41) is 12.4. The molecule has 0 bridgehead atoms. The number of hydrogen-bond acceptors (Lipinski definition) is 4. The zero-order valence-electron chi connectivity index (χ0n) is 8.89. The molecule has 0 atom stereocenters. The van der Waals surface area contributed by atoms with E-state index in [4.69, 9.17) is 23.2 Å². The van der Waals surface area contributed by atoms with E-state index in [9.17, 15) is 9.90 Å². The van der Waals surface area contributed by atoms with Crippen molar-refractivity contribution in [3.8, 4) is 5.75 Å². The minimum atomic E-state index is -0.515. The van der Waals surface area contributed by atoms with E-state index in [1.807, 2.05) is 0 Å². The number of aromatic nitrogens is 2. The lowest BCUT2D eigenvalue weighted by molar-refractivity contribution is 0.102. The van der Waals surface area contributed by atoms with Crippen LogP contribution in [0.2, 0.25) is 10.3 Å². The van der Waals surface area contributed by atoms with E-state index in [2.05, 4.69) is 15.3 Å². The summed E-state index contributed by atoms with van der Waals surface area (Å²) in [5.74, 6) is -0.478. The molecule has 1 aromatic carbocycles. The van der Waals surface area contributed by atoms with Crippen molar-refractivity contribution in [3.05, 3.63) is 46.3 Å². The van der Waals surface area contributed by atoms with Crippen molar-refractivity contribution in [1.29, 1.82) is 0 Å². The zero-order chi connectivity index (χ0) is 13.1. The van der Waals surface area contributed by atoms with Crippen LogP contribution in [0, 0.1) is 0 Å². The number of nitrogens with one attached hydrogen (secondary N) is 1. The second-order valence-electron chi connectivity index (χ2n) is 3.33. The number of anilines is 1. The van der Waals surface area contributed by atoms with Gasteiger partial charge in [-0.25, -0.2) is 9.97 Å². The molecule has 0 fully saturated rings. The second-order valence-corrected chi connectivity index (χ2v) is 4.10. The molecule has 0 saturated carbocycles. The van der Waals surface area contributed by atoms with Crippen LogP contribution in [-0.2, 0) is 0 Å². The molecule has 0 unspecified atom stereocenters. The second kappa shape index (κ2) is 5.20. The Morgan fingerprint density at radius 1 is 1.28 bits per heavy atom. The lowest BCUT2D eigenvalue weighted by Crippen LogP contribution is -2.13. The fraction of sp³-hybridized carbons (Fsp3) is 0. The fourth-order valence-electron chi connectivity index (χ4n) is 1.28. The Kier molecular flexibility index (Phi) is 3.64. The maximum absolute atomic E-state index is 11.8. The number of carbonyl (C=O) groups excluding carboxylic acids is 1. The van der Waals surface area contributed by atoms with Gasteiger partial charge >= 0.3 is 0 Å². The van der Waals surface area contributed by atoms with Crippen molar-refractivity contribution in [2.75, 3.05) is 5.32 Å². The normalized spacial score (nSPS) is 10.1. The van der Waals surface area contributed by atoms with Crippen LogP contribution in [-0.4, -0.2) is 21.0 Å². The number of phenolic OH excluding ortho intramolecular Hbond substituents is 1. The van der Waals surface area contributed by atoms with Crippen LogP contribution in [0.25, 0.3) is 0 Å². The van der Waals surface area contributed by atoms with Gasteiger partial charge in [0.25, 0.3) is 5.91 Å². The maximum atomic E-state index is 11.8. The summed E-state index contributed by atoms with van der Waals surface area (Å²) in [6.45, 7) is 0. The summed E-state index contributed by atoms with van der Waals surface area (Å²) in [6.07, 6.45) is 1.41. The van der Waals surface area contributed by atoms with E-state index in [0.717, 1.165) is 0 Å². The first-order valence-corrected chi connectivity index (χ1v) is 5.60. The number of rotatable bonds is 2. The first-order chi connectivity index (χ1) is 8.56. The molecule has 5 nitrogen and oxygen atoms in total. The van der Waals surface area contributed by atoms with Crippen molar-refractivity contribution in [1.82, 2.24) is 9.97 Å². The van der Waals surface area contributed by atoms with Crippen molar-refractivity contribution in [3.63, 3.8) is 0 Å². The molecule has 1 amide bonds. The molecule has 0 aliphatic heterocycles. The van der Waals surface area contributed by atoms with Gasteiger partial charge in [0, 0.05) is 11.2 Å². The topological polar surface area (TPSA) is 75.1 Å². The van der Waals surface area contributed by atoms with Crippen LogP contribution in [0.4, 0.5) is 5.82 Å². The average Bonchev–Trinajstić information content (AvgIpc) is 2.28. The molecular formula is C11H7Cl2N3O2. The van der Waals surface area contributed by atoms with Gasteiger partial charge in [0.05, 0.1) is 5.56 Å². The summed E-state index contributed by atoms with van der Waals surface area (Å²) in [4.78, 5) is 19.3. The third kappa shape index (κ3) is 2.88. The van der Waals surface area contributed by atoms with Crippen LogP contribution in [0.3, 0.4) is 0 Å². The van der Waals surface area contributed by atoms with Gasteiger partial charge in [0.15, 0.2) is 0 Å². The number of phenols is 1. The molecule has 18 heavy (non-hydrogen) atoms. The summed E-state index contributed by atoms with van der Waals surface area (Å²) in [5.41, 5.74) is 0.0918. The SMILES string of the molecule is O=C(Nc1ccnc(Cl)n1)c1ccc(Cl)cc1O. The number of carbonyl (C=O) groups is 1. The van der Waals surface area contributed by atoms with Gasteiger partial charge in [0.2, 0.25) is 5.28 Å². The summed E-state index contributed by atoms with van der Waals surface area (Å²) in [7, 11) is 0. The molecule has 0 radical (unpaired) electrons. The molecule has 2 aromatic rings. The average molecular weight is 284 g/mol. The molecular weight excluding hydrogens is 277 g/mol. The number of amides is 1. The number of halogens is 2. The van der Waals surface area contributed by atoms with Crippen LogP contribution >= 0.6 is 23.2 Å². The van der Waals surface area contributed by atoms with Crippen LogP contribution in [0.1, 0.15) is 10.4 Å². The Bertz CT molecular complexity index is 605. The highest BCUT2D eigenvalue weighted by Gasteiger charge is 2.12. The Labute approximate surface area is 112 Å². The van der Waals surface area contributed by atoms with Crippen molar-refractivity contribution >= 4 is 34.9 Å². The van der Waals surface area contributed by atoms with Crippen LogP contribution in [0.15, 0.2) is 30.5 Å². The highest BCUT2D eigenvalue weighted by molar-refractivity contribution is 6.31. The number of hydrogen-bond donors (Lipinski definition) is 2. The van der Waals surface area contributed by atoms with E-state index >= 15 is 0 Å². The third-order valence-electron chi connectivity index (χ3n) is 2.07. The van der Waals surface area contributed by atoms with Crippen LogP contribution < -0.4 is 5.32 Å². The molecule has 7 heteroatoms. The smallest absolute Gasteiger partial charge is 0.260 e. The van der Waals surface area contributed by atoms with Gasteiger partial charge in [0.1, 0.15) is 11.6 Å². The molecule has 0 spiro atoms. The third-order valence-corrected chi connectivity index (χ3v) is 2.49. The highest BCUT2D eigenvalue weighted by Crippen LogP contribution is 2.22. The van der Waals surface area contributed by atoms with Gasteiger partial charge < -0.3 is 10.4 Å². The Morgan fingerprint density at radius 3 is 2.72 bits per heavy atom. The summed E-state index contributed by atoms with van der Waals surface area (Å²) < 4.78 is 0. The zero-order valence-corrected chi connectivity index (χ0v) is 10.4. The van der Waals surface area contributed by atoms with Gasteiger partial charge in [-0.1, -0.05) is 11.6 Å². The molecule has 1 heterocycles. The summed E-state index contributed by atoms with van der Waals surface area (Å²) >= 11 is 11.3. The molecule has 2 rings (SSSR count). The standard InChI is InChI=1S/C11H7Cl2N3O2/c12-6-1-2-7(8(17)5-6)10(18)15-9-3-4-14-11(13)16-9/h1-5,17H,(H,14,15,16,18). The minimum absolute atomic E-state index is 0.0214. The molecule has 92 valence electrons. The van der Waals surface area contributed by atoms with Gasteiger partial charge in [-0.3, -0.25) is 4.79 Å². The van der Waals surface area contributed by atoms with E-state index in [1.54, 1.807) is 0 Å². The number of benzene rings is 1. The van der Waals surface area contributed by atoms with Crippen LogP contribution in [0.5, 0.6) is 5.75 Å². The predicted molar refractivity (Wildman–Crippen MR) is 68.1 cm³/mol. The lowest BCUT2D eigenvalue weighted by Gasteiger charge is -2.06. The summed E-state index contributed by atoms with van der Waals surface area (Å²) in [6, 6.07) is 5.68. The van der Waals surface area contributed by atoms with Gasteiger partial charge in [-0.15, -0.1) is 0 Å². The first-order valence-electron chi connectivity index (χ1n) is 4.84. The molecule has 1 aromatic heterocycles. The lowest BCUT2D eigenvalue weighted by atomic mass is 10.2. The minimum Gasteiger partial charge on any atom is -0.507 e. The Hall–Kier alpha value is -1.85. The molecule has 0 aliphatic carbocycles. The van der Waals surface area contributed by atoms with E-state index in [-0.39, 0.29) is 22.4 Å². The molecule has 0 saturated heterocycles. The molecule has 2 N–H and O–H groups in total. The maximum Gasteiger partial charge on any atom is 0.260 e. The van der Waals surface area contributed by atoms with Gasteiger partial charge in [-0.05, 0) is 35.9 Å². The predicted octanol–water partition coefficient (Wildman–Crippen LogP) is 2.74. The number of aromatic hydroxyl groups is 1. The van der Waals surface area contributed by atoms with E-state index < -0.39 is 5.91 Å². The van der Waals surface area contributed by atoms with Crippen molar-refractivity contribution in [2.24, 2.45) is 0 Å². The van der Waals surface area contributed by atoms with E-state index in [1.165, 1.54) is 30.5 Å². The van der Waals surface area contributed by atoms with Crippen molar-refractivity contribution < 1.29 is 9.90 Å². The van der Waals surface area contributed by atoms with Gasteiger partial charge in [-0.2, -0.15) is 0 Å². The molecule has 0 aliphatic rings. The quantitative estimate of drug-likeness (QED) is 0.831. The Balaban J connectivity index is 2.22. The first kappa shape index (κ1) is 12.6. The highest BCUT2D eigenvalue weighted by atomic mass is 35.5.